The molecular weight excluding hydrogens is 354 g/mol. The molecule has 1 heterocycles. The van der Waals surface area contributed by atoms with Gasteiger partial charge in [0.2, 0.25) is 11.8 Å². The average Bonchev–Trinajstić information content (AvgIpc) is 3.22. The van der Waals surface area contributed by atoms with E-state index in [9.17, 15) is 9.59 Å². The van der Waals surface area contributed by atoms with Crippen molar-refractivity contribution in [2.24, 2.45) is 5.92 Å². The van der Waals surface area contributed by atoms with Crippen molar-refractivity contribution in [2.75, 3.05) is 44.6 Å². The number of hydrogen-bond donors (Lipinski definition) is 1. The quantitative estimate of drug-likeness (QED) is 0.744. The van der Waals surface area contributed by atoms with Crippen LogP contribution in [0.25, 0.3) is 0 Å². The van der Waals surface area contributed by atoms with Crippen LogP contribution in [-0.2, 0) is 9.59 Å². The minimum absolute atomic E-state index is 0.0480. The zero-order valence-electron chi connectivity index (χ0n) is 17.0. The lowest BCUT2D eigenvalue weighted by atomic mass is 10.0. The maximum atomic E-state index is 12.4. The van der Waals surface area contributed by atoms with Gasteiger partial charge in [-0.3, -0.25) is 14.5 Å². The average molecular weight is 388 g/mol. The normalized spacial score (nSPS) is 18.2. The van der Waals surface area contributed by atoms with Crippen LogP contribution in [0.4, 0.5) is 5.69 Å². The summed E-state index contributed by atoms with van der Waals surface area (Å²) in [6.45, 7) is 5.74. The highest BCUT2D eigenvalue weighted by Crippen LogP contribution is 2.28. The van der Waals surface area contributed by atoms with Crippen molar-refractivity contribution in [2.45, 2.75) is 45.4 Å². The van der Waals surface area contributed by atoms with Crippen LogP contribution in [0.3, 0.4) is 0 Å². The molecule has 1 aliphatic heterocycles. The summed E-state index contributed by atoms with van der Waals surface area (Å²) in [4.78, 5) is 28.9. The van der Waals surface area contributed by atoms with Crippen molar-refractivity contribution in [1.82, 2.24) is 9.80 Å². The van der Waals surface area contributed by atoms with E-state index in [0.29, 0.717) is 44.1 Å². The Hall–Kier alpha value is -2.08. The Kier molecular flexibility index (Phi) is 7.71. The van der Waals surface area contributed by atoms with Crippen molar-refractivity contribution in [3.8, 4) is 5.75 Å². The number of rotatable bonds is 8. The van der Waals surface area contributed by atoms with E-state index in [4.69, 9.17) is 4.74 Å². The Bertz CT molecular complexity index is 650. The fourth-order valence-electron chi connectivity index (χ4n) is 4.18. The number of nitrogens with one attached hydrogen (secondary N) is 1. The summed E-state index contributed by atoms with van der Waals surface area (Å²) in [6, 6.07) is 7.48. The first kappa shape index (κ1) is 20.6. The molecule has 0 bridgehead atoms. The Morgan fingerprint density at radius 3 is 2.54 bits per heavy atom. The van der Waals surface area contributed by atoms with Crippen LogP contribution in [0.2, 0.25) is 0 Å². The van der Waals surface area contributed by atoms with Gasteiger partial charge < -0.3 is 15.0 Å². The summed E-state index contributed by atoms with van der Waals surface area (Å²) in [7, 11) is 0. The van der Waals surface area contributed by atoms with Gasteiger partial charge in [-0.05, 0) is 31.4 Å². The Balaban J connectivity index is 1.39. The topological polar surface area (TPSA) is 61.9 Å². The minimum atomic E-state index is -0.0480. The number of carbonyl (C=O) groups is 2. The van der Waals surface area contributed by atoms with E-state index in [2.05, 4.69) is 10.2 Å². The van der Waals surface area contributed by atoms with Gasteiger partial charge >= 0.3 is 0 Å². The summed E-state index contributed by atoms with van der Waals surface area (Å²) < 4.78 is 5.56. The molecule has 1 aliphatic carbocycles. The molecule has 2 fully saturated rings. The monoisotopic (exact) mass is 387 g/mol. The zero-order chi connectivity index (χ0) is 19.8. The van der Waals surface area contributed by atoms with Gasteiger partial charge in [0.1, 0.15) is 5.75 Å². The van der Waals surface area contributed by atoms with E-state index < -0.39 is 0 Å². The number of benzene rings is 1. The first-order valence-corrected chi connectivity index (χ1v) is 10.7. The number of nitrogens with zero attached hydrogens (tertiary/aromatic N) is 2. The SMILES string of the molecule is CCOc1ccccc1NC(=O)CN1CCN(C(=O)CCC2CCCC2)CC1. The number of ether oxygens (including phenoxy) is 1. The van der Waals surface area contributed by atoms with Crippen molar-refractivity contribution < 1.29 is 14.3 Å². The van der Waals surface area contributed by atoms with E-state index in [0.717, 1.165) is 25.4 Å². The lowest BCUT2D eigenvalue weighted by Gasteiger charge is -2.34. The molecule has 2 aliphatic rings. The molecule has 1 saturated heterocycles. The second-order valence-electron chi connectivity index (χ2n) is 7.82. The first-order valence-electron chi connectivity index (χ1n) is 10.7. The molecular formula is C22H33N3O3. The number of carbonyl (C=O) groups excluding carboxylic acids is 2. The Morgan fingerprint density at radius 1 is 1.11 bits per heavy atom. The minimum Gasteiger partial charge on any atom is -0.492 e. The zero-order valence-corrected chi connectivity index (χ0v) is 17.0. The molecule has 1 saturated carbocycles. The molecule has 1 N–H and O–H groups in total. The van der Waals surface area contributed by atoms with Crippen LogP contribution in [0.1, 0.15) is 45.4 Å². The van der Waals surface area contributed by atoms with Crippen molar-refractivity contribution in [1.29, 1.82) is 0 Å². The third-order valence-electron chi connectivity index (χ3n) is 5.79. The summed E-state index contributed by atoms with van der Waals surface area (Å²) >= 11 is 0. The molecule has 0 unspecified atom stereocenters. The van der Waals surface area contributed by atoms with Crippen LogP contribution in [-0.4, -0.2) is 60.9 Å². The van der Waals surface area contributed by atoms with Gasteiger partial charge in [0, 0.05) is 32.6 Å². The van der Waals surface area contributed by atoms with Crippen LogP contribution in [0.5, 0.6) is 5.75 Å². The number of anilines is 1. The van der Waals surface area contributed by atoms with Gasteiger partial charge in [0.05, 0.1) is 18.8 Å². The van der Waals surface area contributed by atoms with Crippen LogP contribution < -0.4 is 10.1 Å². The van der Waals surface area contributed by atoms with Gasteiger partial charge in [0.25, 0.3) is 0 Å². The summed E-state index contributed by atoms with van der Waals surface area (Å²) in [5.74, 6) is 1.68. The van der Waals surface area contributed by atoms with Crippen LogP contribution >= 0.6 is 0 Å². The van der Waals surface area contributed by atoms with E-state index in [1.165, 1.54) is 25.7 Å². The summed E-state index contributed by atoms with van der Waals surface area (Å²) in [5.41, 5.74) is 0.704. The highest BCUT2D eigenvalue weighted by atomic mass is 16.5. The lowest BCUT2D eigenvalue weighted by molar-refractivity contribution is -0.133. The lowest BCUT2D eigenvalue weighted by Crippen LogP contribution is -2.50. The fraction of sp³-hybridized carbons (Fsp3) is 0.636. The molecule has 28 heavy (non-hydrogen) atoms. The molecule has 3 rings (SSSR count). The first-order chi connectivity index (χ1) is 13.7. The van der Waals surface area contributed by atoms with Crippen LogP contribution in [0, 0.1) is 5.92 Å². The molecule has 0 aromatic heterocycles. The van der Waals surface area contributed by atoms with Gasteiger partial charge in [-0.15, -0.1) is 0 Å². The number of amides is 2. The largest absolute Gasteiger partial charge is 0.492 e. The fourth-order valence-corrected chi connectivity index (χ4v) is 4.18. The predicted octanol–water partition coefficient (Wildman–Crippen LogP) is 3.14. The third kappa shape index (κ3) is 5.96. The van der Waals surface area contributed by atoms with E-state index >= 15 is 0 Å². The van der Waals surface area contributed by atoms with Crippen LogP contribution in [0.15, 0.2) is 24.3 Å². The smallest absolute Gasteiger partial charge is 0.238 e. The summed E-state index contributed by atoms with van der Waals surface area (Å²) in [5, 5.41) is 2.94. The van der Waals surface area contributed by atoms with Crippen molar-refractivity contribution in [3.63, 3.8) is 0 Å². The van der Waals surface area contributed by atoms with E-state index in [-0.39, 0.29) is 11.8 Å². The molecule has 1 aromatic carbocycles. The van der Waals surface area contributed by atoms with Gasteiger partial charge in [-0.2, -0.15) is 0 Å². The Labute approximate surface area is 168 Å². The van der Waals surface area contributed by atoms with E-state index in [1.54, 1.807) is 0 Å². The second-order valence-corrected chi connectivity index (χ2v) is 7.82. The third-order valence-corrected chi connectivity index (χ3v) is 5.79. The predicted molar refractivity (Wildman–Crippen MR) is 110 cm³/mol. The number of hydrogen-bond acceptors (Lipinski definition) is 4. The standard InChI is InChI=1S/C22H33N3O3/c1-2-28-20-10-6-5-9-19(20)23-21(26)17-24-13-15-25(16-14-24)22(27)12-11-18-7-3-4-8-18/h5-6,9-10,18H,2-4,7-8,11-17H2,1H3,(H,23,26). The molecule has 0 atom stereocenters. The summed E-state index contributed by atoms with van der Waals surface area (Å²) in [6.07, 6.45) is 6.97. The number of piperazine rings is 1. The second kappa shape index (κ2) is 10.5. The molecule has 154 valence electrons. The molecule has 0 radical (unpaired) electrons. The van der Waals surface area contributed by atoms with Crippen molar-refractivity contribution >= 4 is 17.5 Å². The highest BCUT2D eigenvalue weighted by Gasteiger charge is 2.24. The van der Waals surface area contributed by atoms with E-state index in [1.807, 2.05) is 36.1 Å². The van der Waals surface area contributed by atoms with Crippen molar-refractivity contribution in [3.05, 3.63) is 24.3 Å². The van der Waals surface area contributed by atoms with Gasteiger partial charge in [0.15, 0.2) is 0 Å². The Morgan fingerprint density at radius 2 is 1.82 bits per heavy atom. The molecule has 6 heteroatoms. The molecule has 6 nitrogen and oxygen atoms in total. The maximum Gasteiger partial charge on any atom is 0.238 e. The molecule has 0 spiro atoms. The van der Waals surface area contributed by atoms with Gasteiger partial charge in [-0.1, -0.05) is 37.8 Å². The maximum absolute atomic E-state index is 12.4. The number of para-hydroxylation sites is 2. The van der Waals surface area contributed by atoms with Gasteiger partial charge in [-0.25, -0.2) is 0 Å². The highest BCUT2D eigenvalue weighted by molar-refractivity contribution is 5.93. The molecule has 1 aromatic rings. The molecule has 2 amide bonds.